The van der Waals surface area contributed by atoms with E-state index in [1.807, 2.05) is 18.8 Å². The maximum absolute atomic E-state index is 5.83. The lowest BCUT2D eigenvalue weighted by Gasteiger charge is -2.23. The highest BCUT2D eigenvalue weighted by atomic mass is 16.5. The Bertz CT molecular complexity index is 579. The monoisotopic (exact) mass is 379 g/mol. The summed E-state index contributed by atoms with van der Waals surface area (Å²) in [4.78, 5) is 6.55. The summed E-state index contributed by atoms with van der Waals surface area (Å²) in [6.45, 7) is 9.41. The van der Waals surface area contributed by atoms with Gasteiger partial charge in [-0.2, -0.15) is 5.10 Å². The summed E-state index contributed by atoms with van der Waals surface area (Å²) in [6.07, 6.45) is 5.33. The first-order valence-electron chi connectivity index (χ1n) is 10.1. The van der Waals surface area contributed by atoms with Gasteiger partial charge in [-0.15, -0.1) is 0 Å². The van der Waals surface area contributed by atoms with Crippen LogP contribution < -0.4 is 5.32 Å². The molecule has 0 amide bonds. The van der Waals surface area contributed by atoms with E-state index < -0.39 is 0 Å². The van der Waals surface area contributed by atoms with Crippen molar-refractivity contribution in [3.8, 4) is 0 Å². The van der Waals surface area contributed by atoms with Gasteiger partial charge in [0.15, 0.2) is 5.96 Å². The molecule has 0 aliphatic carbocycles. The predicted molar refractivity (Wildman–Crippen MR) is 109 cm³/mol. The molecular formula is C20H37N5O2. The SMILES string of the molecule is CN=C(NCCCOCC1CCOCC1)N(C)Cc1cn(C)nc1C(C)C. The van der Waals surface area contributed by atoms with E-state index in [9.17, 15) is 0 Å². The molecule has 1 N–H and O–H groups in total. The van der Waals surface area contributed by atoms with Gasteiger partial charge in [-0.05, 0) is 31.1 Å². The summed E-state index contributed by atoms with van der Waals surface area (Å²) < 4.78 is 13.1. The third-order valence-electron chi connectivity index (χ3n) is 4.91. The molecule has 0 unspecified atom stereocenters. The van der Waals surface area contributed by atoms with Gasteiger partial charge in [0.1, 0.15) is 0 Å². The maximum atomic E-state index is 5.83. The number of hydrogen-bond acceptors (Lipinski definition) is 4. The standard InChI is InChI=1S/C20H37N5O2/c1-16(2)19-18(14-25(5)23-19)13-24(4)20(21-3)22-9-6-10-27-15-17-7-11-26-12-8-17/h14,16-17H,6-13,15H2,1-5H3,(H,21,22). The fourth-order valence-corrected chi connectivity index (χ4v) is 3.42. The topological polar surface area (TPSA) is 63.9 Å². The molecule has 1 aliphatic rings. The van der Waals surface area contributed by atoms with Crippen molar-refractivity contribution in [3.05, 3.63) is 17.5 Å². The van der Waals surface area contributed by atoms with E-state index in [4.69, 9.17) is 9.47 Å². The number of nitrogens with zero attached hydrogens (tertiary/aromatic N) is 4. The van der Waals surface area contributed by atoms with Crippen LogP contribution in [0.25, 0.3) is 0 Å². The number of hydrogen-bond donors (Lipinski definition) is 1. The van der Waals surface area contributed by atoms with Crippen LogP contribution in [0.5, 0.6) is 0 Å². The third kappa shape index (κ3) is 7.14. The molecule has 2 rings (SSSR count). The Hall–Kier alpha value is -1.60. The number of nitrogens with one attached hydrogen (secondary N) is 1. The largest absolute Gasteiger partial charge is 0.381 e. The maximum Gasteiger partial charge on any atom is 0.193 e. The Labute approximate surface area is 164 Å². The fraction of sp³-hybridized carbons (Fsp3) is 0.800. The average Bonchev–Trinajstić information content (AvgIpc) is 3.02. The Morgan fingerprint density at radius 3 is 2.85 bits per heavy atom. The molecule has 0 bridgehead atoms. The summed E-state index contributed by atoms with van der Waals surface area (Å²) in [5, 5.41) is 8.02. The van der Waals surface area contributed by atoms with Gasteiger partial charge in [-0.3, -0.25) is 9.67 Å². The number of rotatable bonds is 9. The van der Waals surface area contributed by atoms with Crippen LogP contribution in [0.1, 0.15) is 50.3 Å². The number of aromatic nitrogens is 2. The first-order valence-corrected chi connectivity index (χ1v) is 10.1. The molecule has 154 valence electrons. The van der Waals surface area contributed by atoms with Crippen molar-refractivity contribution in [2.75, 3.05) is 47.1 Å². The minimum atomic E-state index is 0.414. The molecule has 1 saturated heterocycles. The Morgan fingerprint density at radius 2 is 2.19 bits per heavy atom. The van der Waals surface area contributed by atoms with Crippen LogP contribution in [0.4, 0.5) is 0 Å². The lowest BCUT2D eigenvalue weighted by atomic mass is 10.0. The Balaban J connectivity index is 1.68. The summed E-state index contributed by atoms with van der Waals surface area (Å²) in [7, 11) is 5.87. The van der Waals surface area contributed by atoms with Crippen molar-refractivity contribution in [1.82, 2.24) is 20.0 Å². The first-order chi connectivity index (χ1) is 13.0. The molecule has 2 heterocycles. The zero-order valence-electron chi connectivity index (χ0n) is 17.7. The number of guanidine groups is 1. The molecule has 7 nitrogen and oxygen atoms in total. The van der Waals surface area contributed by atoms with Crippen molar-refractivity contribution < 1.29 is 9.47 Å². The third-order valence-corrected chi connectivity index (χ3v) is 4.91. The number of aryl methyl sites for hydroxylation is 1. The summed E-state index contributed by atoms with van der Waals surface area (Å²) in [6, 6.07) is 0. The molecule has 27 heavy (non-hydrogen) atoms. The predicted octanol–water partition coefficient (Wildman–Crippen LogP) is 2.38. The molecule has 0 atom stereocenters. The lowest BCUT2D eigenvalue weighted by molar-refractivity contribution is 0.0203. The second kappa shape index (κ2) is 11.3. The van der Waals surface area contributed by atoms with Gasteiger partial charge < -0.3 is 19.7 Å². The van der Waals surface area contributed by atoms with E-state index in [-0.39, 0.29) is 0 Å². The van der Waals surface area contributed by atoms with Gasteiger partial charge in [-0.1, -0.05) is 13.8 Å². The lowest BCUT2D eigenvalue weighted by Crippen LogP contribution is -2.39. The Morgan fingerprint density at radius 1 is 1.44 bits per heavy atom. The van der Waals surface area contributed by atoms with Gasteiger partial charge in [0, 0.05) is 72.4 Å². The minimum absolute atomic E-state index is 0.414. The summed E-state index contributed by atoms with van der Waals surface area (Å²) >= 11 is 0. The summed E-state index contributed by atoms with van der Waals surface area (Å²) in [5.41, 5.74) is 2.40. The second-order valence-electron chi connectivity index (χ2n) is 7.68. The van der Waals surface area contributed by atoms with Gasteiger partial charge in [0.2, 0.25) is 0 Å². The first kappa shape index (κ1) is 21.7. The fourth-order valence-electron chi connectivity index (χ4n) is 3.42. The summed E-state index contributed by atoms with van der Waals surface area (Å²) in [5.74, 6) is 1.98. The molecule has 0 radical (unpaired) electrons. The second-order valence-corrected chi connectivity index (χ2v) is 7.68. The minimum Gasteiger partial charge on any atom is -0.381 e. The van der Waals surface area contributed by atoms with Gasteiger partial charge in [0.25, 0.3) is 0 Å². The zero-order valence-corrected chi connectivity index (χ0v) is 17.7. The van der Waals surface area contributed by atoms with Crippen LogP contribution in [-0.2, 0) is 23.1 Å². The van der Waals surface area contributed by atoms with Crippen molar-refractivity contribution in [2.45, 2.75) is 45.6 Å². The van der Waals surface area contributed by atoms with Crippen molar-refractivity contribution in [3.63, 3.8) is 0 Å². The van der Waals surface area contributed by atoms with E-state index in [1.54, 1.807) is 0 Å². The van der Waals surface area contributed by atoms with E-state index in [2.05, 4.69) is 47.4 Å². The number of aliphatic imine (C=N–C) groups is 1. The molecule has 0 aromatic carbocycles. The molecule has 1 aromatic heterocycles. The average molecular weight is 380 g/mol. The normalized spacial score (nSPS) is 16.1. The quantitative estimate of drug-likeness (QED) is 0.405. The van der Waals surface area contributed by atoms with Gasteiger partial charge in [-0.25, -0.2) is 0 Å². The van der Waals surface area contributed by atoms with E-state index in [0.717, 1.165) is 70.4 Å². The smallest absolute Gasteiger partial charge is 0.193 e. The van der Waals surface area contributed by atoms with E-state index >= 15 is 0 Å². The van der Waals surface area contributed by atoms with Crippen LogP contribution in [0.15, 0.2) is 11.2 Å². The number of ether oxygens (including phenoxy) is 2. The van der Waals surface area contributed by atoms with Crippen LogP contribution in [-0.4, -0.2) is 67.7 Å². The van der Waals surface area contributed by atoms with Crippen LogP contribution >= 0.6 is 0 Å². The van der Waals surface area contributed by atoms with E-state index in [0.29, 0.717) is 11.8 Å². The van der Waals surface area contributed by atoms with Crippen molar-refractivity contribution in [1.29, 1.82) is 0 Å². The zero-order chi connectivity index (χ0) is 19.6. The van der Waals surface area contributed by atoms with Gasteiger partial charge >= 0.3 is 0 Å². The highest BCUT2D eigenvalue weighted by Gasteiger charge is 2.15. The highest BCUT2D eigenvalue weighted by Crippen LogP contribution is 2.18. The van der Waals surface area contributed by atoms with Crippen molar-refractivity contribution >= 4 is 5.96 Å². The van der Waals surface area contributed by atoms with Crippen molar-refractivity contribution in [2.24, 2.45) is 18.0 Å². The molecule has 0 spiro atoms. The molecule has 0 saturated carbocycles. The molecule has 1 aromatic rings. The molecule has 1 fully saturated rings. The molecule has 7 heteroatoms. The highest BCUT2D eigenvalue weighted by molar-refractivity contribution is 5.79. The van der Waals surface area contributed by atoms with E-state index in [1.165, 1.54) is 5.56 Å². The molecule has 1 aliphatic heterocycles. The van der Waals surface area contributed by atoms with Crippen LogP contribution in [0.3, 0.4) is 0 Å². The van der Waals surface area contributed by atoms with Gasteiger partial charge in [0.05, 0.1) is 5.69 Å². The van der Waals surface area contributed by atoms with Crippen LogP contribution in [0, 0.1) is 5.92 Å². The van der Waals surface area contributed by atoms with Crippen LogP contribution in [0.2, 0.25) is 0 Å². The molecular weight excluding hydrogens is 342 g/mol. The Kier molecular flexibility index (Phi) is 9.07.